The van der Waals surface area contributed by atoms with Gasteiger partial charge in [0.15, 0.2) is 0 Å². The number of aromatic nitrogens is 1. The maximum atomic E-state index is 12.7. The average molecular weight is 522 g/mol. The molecule has 1 aromatic carbocycles. The van der Waals surface area contributed by atoms with Crippen molar-refractivity contribution in [2.75, 3.05) is 25.0 Å². The van der Waals surface area contributed by atoms with Crippen molar-refractivity contribution in [3.8, 4) is 10.6 Å². The van der Waals surface area contributed by atoms with Crippen molar-refractivity contribution in [2.45, 2.75) is 52.6 Å². The van der Waals surface area contributed by atoms with Crippen LogP contribution in [-0.4, -0.2) is 41.5 Å². The lowest BCUT2D eigenvalue weighted by molar-refractivity contribution is -0.116. The number of halogens is 1. The van der Waals surface area contributed by atoms with Gasteiger partial charge in [0.1, 0.15) is 10.0 Å². The highest BCUT2D eigenvalue weighted by molar-refractivity contribution is 9.10. The molecule has 3 heterocycles. The van der Waals surface area contributed by atoms with Crippen molar-refractivity contribution in [1.82, 2.24) is 15.2 Å². The predicted octanol–water partition coefficient (Wildman–Crippen LogP) is 5.88. The SMILES string of the molecule is CC[C@H](C)NCCC(=O)Nc1sc2c(c1-c1nc3cc(Br)ccc3s1)CCN(CC)C2. The molecule has 2 aromatic heterocycles. The highest BCUT2D eigenvalue weighted by Gasteiger charge is 2.27. The number of nitrogens with zero attached hydrogens (tertiary/aromatic N) is 2. The molecule has 2 N–H and O–H groups in total. The minimum atomic E-state index is 0.0619. The van der Waals surface area contributed by atoms with E-state index in [2.05, 4.69) is 70.4 Å². The van der Waals surface area contributed by atoms with Crippen molar-refractivity contribution < 1.29 is 4.79 Å². The number of carbonyl (C=O) groups is 1. The topological polar surface area (TPSA) is 57.3 Å². The van der Waals surface area contributed by atoms with Gasteiger partial charge >= 0.3 is 0 Å². The van der Waals surface area contributed by atoms with E-state index in [1.54, 1.807) is 22.7 Å². The van der Waals surface area contributed by atoms with Crippen LogP contribution in [0, 0.1) is 0 Å². The normalized spacial score (nSPS) is 15.2. The number of thiazole rings is 1. The van der Waals surface area contributed by atoms with Crippen LogP contribution in [0.3, 0.4) is 0 Å². The number of benzene rings is 1. The van der Waals surface area contributed by atoms with Gasteiger partial charge in [0.25, 0.3) is 0 Å². The molecule has 0 saturated carbocycles. The molecule has 1 aliphatic heterocycles. The number of thiophene rings is 1. The largest absolute Gasteiger partial charge is 0.317 e. The number of nitrogens with one attached hydrogen (secondary N) is 2. The second kappa shape index (κ2) is 10.1. The van der Waals surface area contributed by atoms with Crippen molar-refractivity contribution >= 4 is 59.7 Å². The van der Waals surface area contributed by atoms with Gasteiger partial charge in [0, 0.05) is 47.0 Å². The predicted molar refractivity (Wildman–Crippen MR) is 136 cm³/mol. The number of likely N-dealkylation sites (N-methyl/N-ethyl adjacent to an activating group) is 1. The summed E-state index contributed by atoms with van der Waals surface area (Å²) in [5.41, 5.74) is 3.49. The summed E-state index contributed by atoms with van der Waals surface area (Å²) in [7, 11) is 0. The quantitative estimate of drug-likeness (QED) is 0.389. The molecule has 166 valence electrons. The molecule has 0 bridgehead atoms. The zero-order valence-corrected chi connectivity index (χ0v) is 21.5. The third-order valence-corrected chi connectivity index (χ3v) is 8.54. The molecule has 1 amide bonds. The van der Waals surface area contributed by atoms with E-state index in [1.807, 2.05) is 0 Å². The monoisotopic (exact) mass is 520 g/mol. The molecular weight excluding hydrogens is 492 g/mol. The molecule has 1 atom stereocenters. The lowest BCUT2D eigenvalue weighted by atomic mass is 10.0. The Labute approximate surface area is 200 Å². The van der Waals surface area contributed by atoms with Gasteiger partial charge in [0.2, 0.25) is 5.91 Å². The van der Waals surface area contributed by atoms with Crippen molar-refractivity contribution in [2.24, 2.45) is 0 Å². The van der Waals surface area contributed by atoms with Crippen molar-refractivity contribution in [3.05, 3.63) is 33.1 Å². The summed E-state index contributed by atoms with van der Waals surface area (Å²) in [6, 6.07) is 6.65. The Morgan fingerprint density at radius 3 is 2.94 bits per heavy atom. The Balaban J connectivity index is 1.64. The molecule has 0 radical (unpaired) electrons. The molecule has 0 saturated heterocycles. The van der Waals surface area contributed by atoms with Crippen LogP contribution in [-0.2, 0) is 17.8 Å². The number of anilines is 1. The minimum absolute atomic E-state index is 0.0619. The molecule has 0 unspecified atom stereocenters. The first-order valence-electron chi connectivity index (χ1n) is 10.9. The molecule has 5 nitrogen and oxygen atoms in total. The molecule has 3 aromatic rings. The second-order valence-corrected chi connectivity index (χ2v) is 11.1. The first-order valence-corrected chi connectivity index (χ1v) is 13.4. The second-order valence-electron chi connectivity index (χ2n) is 8.02. The number of hydrogen-bond donors (Lipinski definition) is 2. The molecule has 0 spiro atoms. The van der Waals surface area contributed by atoms with Gasteiger partial charge < -0.3 is 10.6 Å². The average Bonchev–Trinajstić information content (AvgIpc) is 3.32. The highest BCUT2D eigenvalue weighted by Crippen LogP contribution is 2.45. The summed E-state index contributed by atoms with van der Waals surface area (Å²) in [6.07, 6.45) is 2.53. The minimum Gasteiger partial charge on any atom is -0.317 e. The van der Waals surface area contributed by atoms with Crippen LogP contribution in [0.1, 0.15) is 44.1 Å². The van der Waals surface area contributed by atoms with E-state index in [0.717, 1.165) is 58.0 Å². The molecule has 0 fully saturated rings. The summed E-state index contributed by atoms with van der Waals surface area (Å²) in [5.74, 6) is 0.0619. The van der Waals surface area contributed by atoms with E-state index < -0.39 is 0 Å². The van der Waals surface area contributed by atoms with Crippen LogP contribution >= 0.6 is 38.6 Å². The number of rotatable bonds is 8. The first-order chi connectivity index (χ1) is 15.0. The summed E-state index contributed by atoms with van der Waals surface area (Å²) in [5, 5.41) is 8.58. The highest BCUT2D eigenvalue weighted by atomic mass is 79.9. The van der Waals surface area contributed by atoms with E-state index in [9.17, 15) is 4.79 Å². The fourth-order valence-electron chi connectivity index (χ4n) is 3.81. The zero-order chi connectivity index (χ0) is 22.0. The van der Waals surface area contributed by atoms with Gasteiger partial charge in [-0.05, 0) is 50.1 Å². The van der Waals surface area contributed by atoms with Crippen molar-refractivity contribution in [3.63, 3.8) is 0 Å². The number of fused-ring (bicyclic) bond motifs is 2. The Morgan fingerprint density at radius 2 is 2.16 bits per heavy atom. The molecular formula is C23H29BrN4OS2. The van der Waals surface area contributed by atoms with E-state index in [-0.39, 0.29) is 5.91 Å². The fourth-order valence-corrected chi connectivity index (χ4v) is 6.56. The van der Waals surface area contributed by atoms with Gasteiger partial charge in [-0.2, -0.15) is 0 Å². The van der Waals surface area contributed by atoms with Gasteiger partial charge in [-0.1, -0.05) is 29.8 Å². The van der Waals surface area contributed by atoms with Crippen LogP contribution in [0.25, 0.3) is 20.8 Å². The maximum absolute atomic E-state index is 12.7. The van der Waals surface area contributed by atoms with E-state index in [0.29, 0.717) is 19.0 Å². The van der Waals surface area contributed by atoms with Gasteiger partial charge in [-0.15, -0.1) is 22.7 Å². The molecule has 31 heavy (non-hydrogen) atoms. The molecule has 8 heteroatoms. The Kier molecular flexibility index (Phi) is 7.44. The Hall–Kier alpha value is -1.32. The van der Waals surface area contributed by atoms with Gasteiger partial charge in [-0.25, -0.2) is 4.98 Å². The van der Waals surface area contributed by atoms with E-state index >= 15 is 0 Å². The van der Waals surface area contributed by atoms with Gasteiger partial charge in [-0.3, -0.25) is 9.69 Å². The molecule has 1 aliphatic rings. The van der Waals surface area contributed by atoms with Gasteiger partial charge in [0.05, 0.1) is 10.2 Å². The Bertz CT molecular complexity index is 1080. The summed E-state index contributed by atoms with van der Waals surface area (Å²) >= 11 is 6.98. The van der Waals surface area contributed by atoms with Crippen molar-refractivity contribution in [1.29, 1.82) is 0 Å². The molecule has 0 aliphatic carbocycles. The smallest absolute Gasteiger partial charge is 0.226 e. The third-order valence-electron chi connectivity index (χ3n) is 5.86. The van der Waals surface area contributed by atoms with Crippen LogP contribution in [0.5, 0.6) is 0 Å². The lowest BCUT2D eigenvalue weighted by Gasteiger charge is -2.25. The number of carbonyl (C=O) groups excluding carboxylic acids is 1. The van der Waals surface area contributed by atoms with Crippen LogP contribution in [0.2, 0.25) is 0 Å². The number of amides is 1. The van der Waals surface area contributed by atoms with Crippen LogP contribution in [0.4, 0.5) is 5.00 Å². The zero-order valence-electron chi connectivity index (χ0n) is 18.3. The van der Waals surface area contributed by atoms with E-state index in [4.69, 9.17) is 4.98 Å². The summed E-state index contributed by atoms with van der Waals surface area (Å²) < 4.78 is 2.20. The standard InChI is InChI=1S/C23H29BrN4OS2/c1-4-14(3)25-10-8-20(29)27-23-21(16-9-11-28(5-2)13-19(16)31-23)22-26-17-12-15(24)6-7-18(17)30-22/h6-7,12,14,25H,4-5,8-11,13H2,1-3H3,(H,27,29)/t14-/m0/s1. The fraction of sp³-hybridized carbons (Fsp3) is 0.478. The van der Waals surface area contributed by atoms with E-state index in [1.165, 1.54) is 15.1 Å². The van der Waals surface area contributed by atoms with Crippen LogP contribution in [0.15, 0.2) is 22.7 Å². The number of hydrogen-bond acceptors (Lipinski definition) is 6. The lowest BCUT2D eigenvalue weighted by Crippen LogP contribution is -2.29. The molecule has 4 rings (SSSR count). The Morgan fingerprint density at radius 1 is 1.32 bits per heavy atom. The third kappa shape index (κ3) is 5.20. The summed E-state index contributed by atoms with van der Waals surface area (Å²) in [4.78, 5) is 21.5. The summed E-state index contributed by atoms with van der Waals surface area (Å²) in [6.45, 7) is 10.2. The maximum Gasteiger partial charge on any atom is 0.226 e. The first kappa shape index (κ1) is 22.9. The van der Waals surface area contributed by atoms with Crippen LogP contribution < -0.4 is 10.6 Å².